The molecule has 1 aromatic rings. The van der Waals surface area contributed by atoms with E-state index in [1.54, 1.807) is 12.1 Å². The quantitative estimate of drug-likeness (QED) is 0.675. The first-order chi connectivity index (χ1) is 7.56. The lowest BCUT2D eigenvalue weighted by molar-refractivity contribution is 0.202. The second-order valence-electron chi connectivity index (χ2n) is 4.01. The highest BCUT2D eigenvalue weighted by atomic mass is 19.1. The molecule has 0 spiro atoms. The number of hydrogen-bond donors (Lipinski definition) is 3. The van der Waals surface area contributed by atoms with E-state index >= 15 is 0 Å². The number of rotatable bonds is 5. The summed E-state index contributed by atoms with van der Waals surface area (Å²) in [5.74, 6) is -0.389. The number of nitrogens with two attached hydrogens (primary N) is 1. The van der Waals surface area contributed by atoms with Crippen LogP contribution in [0.2, 0.25) is 0 Å². The molecule has 0 aliphatic rings. The molecule has 90 valence electrons. The van der Waals surface area contributed by atoms with Gasteiger partial charge in [-0.05, 0) is 31.0 Å². The fraction of sp³-hybridized carbons (Fsp3) is 0.500. The number of aliphatic hydroxyl groups excluding tert-OH is 1. The molecule has 0 heterocycles. The Balaban J connectivity index is 2.93. The van der Waals surface area contributed by atoms with Gasteiger partial charge < -0.3 is 16.2 Å². The van der Waals surface area contributed by atoms with E-state index in [0.717, 1.165) is 12.8 Å². The van der Waals surface area contributed by atoms with E-state index in [2.05, 4.69) is 5.32 Å². The largest absolute Gasteiger partial charge is 0.399 e. The predicted octanol–water partition coefficient (Wildman–Crippen LogP) is 2.37. The van der Waals surface area contributed by atoms with Crippen LogP contribution in [0.1, 0.15) is 26.7 Å². The molecule has 0 amide bonds. The van der Waals surface area contributed by atoms with Crippen LogP contribution in [0, 0.1) is 5.82 Å². The van der Waals surface area contributed by atoms with Crippen LogP contribution in [-0.2, 0) is 0 Å². The van der Waals surface area contributed by atoms with Gasteiger partial charge in [-0.3, -0.25) is 0 Å². The van der Waals surface area contributed by atoms with Crippen molar-refractivity contribution in [3.63, 3.8) is 0 Å². The number of nitrogen functional groups attached to an aromatic ring is 1. The summed E-state index contributed by atoms with van der Waals surface area (Å²) >= 11 is 0. The molecule has 1 aromatic carbocycles. The highest BCUT2D eigenvalue weighted by molar-refractivity contribution is 5.54. The van der Waals surface area contributed by atoms with E-state index in [1.807, 2.05) is 13.8 Å². The van der Waals surface area contributed by atoms with Crippen LogP contribution in [0.5, 0.6) is 0 Å². The molecule has 0 saturated carbocycles. The van der Waals surface area contributed by atoms with Crippen molar-refractivity contribution in [2.45, 2.75) is 32.2 Å². The molecule has 0 unspecified atom stereocenters. The molecule has 0 aliphatic carbocycles. The lowest BCUT2D eigenvalue weighted by Gasteiger charge is -2.32. The summed E-state index contributed by atoms with van der Waals surface area (Å²) in [6.07, 6.45) is 1.45. The highest BCUT2D eigenvalue weighted by Crippen LogP contribution is 2.25. The predicted molar refractivity (Wildman–Crippen MR) is 64.8 cm³/mol. The number of nitrogens with one attached hydrogen (secondary N) is 1. The number of aliphatic hydroxyl groups is 1. The molecule has 16 heavy (non-hydrogen) atoms. The average Bonchev–Trinajstić information content (AvgIpc) is 2.29. The van der Waals surface area contributed by atoms with Crippen LogP contribution in [0.3, 0.4) is 0 Å². The summed E-state index contributed by atoms with van der Waals surface area (Å²) in [7, 11) is 0. The Morgan fingerprint density at radius 1 is 1.38 bits per heavy atom. The topological polar surface area (TPSA) is 58.3 Å². The Hall–Kier alpha value is -1.29. The van der Waals surface area contributed by atoms with Gasteiger partial charge >= 0.3 is 0 Å². The SMILES string of the molecule is CCC(CC)(CO)Nc1ccc(N)cc1F. The molecular formula is C12H19FN2O. The monoisotopic (exact) mass is 226 g/mol. The van der Waals surface area contributed by atoms with Crippen molar-refractivity contribution in [3.05, 3.63) is 24.0 Å². The van der Waals surface area contributed by atoms with Gasteiger partial charge in [0.2, 0.25) is 0 Å². The number of anilines is 2. The minimum Gasteiger partial charge on any atom is -0.399 e. The van der Waals surface area contributed by atoms with Crippen molar-refractivity contribution in [1.29, 1.82) is 0 Å². The first-order valence-electron chi connectivity index (χ1n) is 5.51. The van der Waals surface area contributed by atoms with Gasteiger partial charge in [-0.1, -0.05) is 13.8 Å². The summed E-state index contributed by atoms with van der Waals surface area (Å²) < 4.78 is 13.6. The fourth-order valence-corrected chi connectivity index (χ4v) is 1.61. The highest BCUT2D eigenvalue weighted by Gasteiger charge is 2.25. The molecule has 0 aliphatic heterocycles. The van der Waals surface area contributed by atoms with Gasteiger partial charge in [-0.15, -0.1) is 0 Å². The van der Waals surface area contributed by atoms with E-state index < -0.39 is 5.54 Å². The van der Waals surface area contributed by atoms with Gasteiger partial charge in [0.1, 0.15) is 5.82 Å². The standard InChI is InChI=1S/C12H19FN2O/c1-3-12(4-2,8-16)15-11-6-5-9(14)7-10(11)13/h5-7,15-16H,3-4,8,14H2,1-2H3. The van der Waals surface area contributed by atoms with Gasteiger partial charge in [0.15, 0.2) is 0 Å². The summed E-state index contributed by atoms with van der Waals surface area (Å²) in [6.45, 7) is 3.90. The van der Waals surface area contributed by atoms with E-state index in [1.165, 1.54) is 6.07 Å². The number of halogens is 1. The van der Waals surface area contributed by atoms with Gasteiger partial charge in [0.25, 0.3) is 0 Å². The summed E-state index contributed by atoms with van der Waals surface area (Å²) in [4.78, 5) is 0. The van der Waals surface area contributed by atoms with Gasteiger partial charge in [-0.2, -0.15) is 0 Å². The van der Waals surface area contributed by atoms with Crippen molar-refractivity contribution in [1.82, 2.24) is 0 Å². The van der Waals surface area contributed by atoms with Gasteiger partial charge in [0.05, 0.1) is 17.8 Å². The first kappa shape index (κ1) is 12.8. The Labute approximate surface area is 95.5 Å². The summed E-state index contributed by atoms with van der Waals surface area (Å²) in [5, 5.41) is 12.4. The summed E-state index contributed by atoms with van der Waals surface area (Å²) in [6, 6.07) is 4.51. The van der Waals surface area contributed by atoms with Gasteiger partial charge in [0, 0.05) is 5.69 Å². The van der Waals surface area contributed by atoms with E-state index in [0.29, 0.717) is 11.4 Å². The maximum absolute atomic E-state index is 13.6. The molecule has 4 heteroatoms. The molecule has 1 rings (SSSR count). The normalized spacial score (nSPS) is 11.5. The van der Waals surface area contributed by atoms with Crippen molar-refractivity contribution < 1.29 is 9.50 Å². The van der Waals surface area contributed by atoms with Crippen LogP contribution in [-0.4, -0.2) is 17.3 Å². The molecule has 0 atom stereocenters. The van der Waals surface area contributed by atoms with E-state index in [9.17, 15) is 9.50 Å². The molecule has 0 bridgehead atoms. The minimum atomic E-state index is -0.461. The van der Waals surface area contributed by atoms with Crippen LogP contribution < -0.4 is 11.1 Å². The average molecular weight is 226 g/mol. The fourth-order valence-electron chi connectivity index (χ4n) is 1.61. The van der Waals surface area contributed by atoms with Crippen molar-refractivity contribution in [2.24, 2.45) is 0 Å². The van der Waals surface area contributed by atoms with Crippen LogP contribution in [0.15, 0.2) is 18.2 Å². The van der Waals surface area contributed by atoms with E-state index in [-0.39, 0.29) is 12.4 Å². The Morgan fingerprint density at radius 3 is 2.44 bits per heavy atom. The molecular weight excluding hydrogens is 207 g/mol. The maximum atomic E-state index is 13.6. The lowest BCUT2D eigenvalue weighted by atomic mass is 9.93. The molecule has 0 fully saturated rings. The molecule has 0 aromatic heterocycles. The van der Waals surface area contributed by atoms with Crippen molar-refractivity contribution in [3.8, 4) is 0 Å². The summed E-state index contributed by atoms with van der Waals surface area (Å²) in [5.41, 5.74) is 5.79. The molecule has 0 saturated heterocycles. The Morgan fingerprint density at radius 2 is 2.00 bits per heavy atom. The first-order valence-corrected chi connectivity index (χ1v) is 5.51. The van der Waals surface area contributed by atoms with Crippen LogP contribution in [0.25, 0.3) is 0 Å². The zero-order chi connectivity index (χ0) is 12.2. The Bertz CT molecular complexity index is 343. The third kappa shape index (κ3) is 2.64. The zero-order valence-electron chi connectivity index (χ0n) is 9.76. The molecule has 3 nitrogen and oxygen atoms in total. The smallest absolute Gasteiger partial charge is 0.148 e. The van der Waals surface area contributed by atoms with Crippen LogP contribution in [0.4, 0.5) is 15.8 Å². The molecule has 0 radical (unpaired) electrons. The Kier molecular flexibility index (Phi) is 4.12. The number of hydrogen-bond acceptors (Lipinski definition) is 3. The zero-order valence-corrected chi connectivity index (χ0v) is 9.76. The van der Waals surface area contributed by atoms with E-state index in [4.69, 9.17) is 5.73 Å². The minimum absolute atomic E-state index is 0.0240. The second kappa shape index (κ2) is 5.16. The van der Waals surface area contributed by atoms with Crippen molar-refractivity contribution >= 4 is 11.4 Å². The lowest BCUT2D eigenvalue weighted by Crippen LogP contribution is -2.41. The third-order valence-electron chi connectivity index (χ3n) is 3.05. The second-order valence-corrected chi connectivity index (χ2v) is 4.01. The maximum Gasteiger partial charge on any atom is 0.148 e. The third-order valence-corrected chi connectivity index (χ3v) is 3.05. The van der Waals surface area contributed by atoms with Crippen LogP contribution >= 0.6 is 0 Å². The van der Waals surface area contributed by atoms with Gasteiger partial charge in [-0.25, -0.2) is 4.39 Å². The van der Waals surface area contributed by atoms with Crippen molar-refractivity contribution in [2.75, 3.05) is 17.7 Å². The molecule has 4 N–H and O–H groups in total. The number of benzene rings is 1.